The summed E-state index contributed by atoms with van der Waals surface area (Å²) in [6.07, 6.45) is 3.45. The van der Waals surface area contributed by atoms with Crippen molar-refractivity contribution in [1.82, 2.24) is 9.03 Å². The van der Waals surface area contributed by atoms with Gasteiger partial charge in [-0.2, -0.15) is 12.7 Å². The summed E-state index contributed by atoms with van der Waals surface area (Å²) in [4.78, 5) is 0. The van der Waals surface area contributed by atoms with Crippen molar-refractivity contribution >= 4 is 21.8 Å². The molecule has 1 unspecified atom stereocenters. The van der Waals surface area contributed by atoms with E-state index in [4.69, 9.17) is 11.6 Å². The molecule has 1 fully saturated rings. The van der Waals surface area contributed by atoms with Gasteiger partial charge >= 0.3 is 0 Å². The summed E-state index contributed by atoms with van der Waals surface area (Å²) < 4.78 is 28.0. The summed E-state index contributed by atoms with van der Waals surface area (Å²) in [5.74, 6) is 0.633. The number of nitrogens with one attached hydrogen (secondary N) is 1. The van der Waals surface area contributed by atoms with Crippen molar-refractivity contribution in [1.29, 1.82) is 0 Å². The van der Waals surface area contributed by atoms with Crippen LogP contribution in [0.2, 0.25) is 0 Å². The second-order valence-electron chi connectivity index (χ2n) is 4.78. The van der Waals surface area contributed by atoms with Gasteiger partial charge in [0, 0.05) is 25.0 Å². The van der Waals surface area contributed by atoms with Crippen LogP contribution in [0.25, 0.3) is 0 Å². The maximum Gasteiger partial charge on any atom is 0.279 e. The Morgan fingerprint density at radius 1 is 1.41 bits per heavy atom. The molecule has 0 aliphatic carbocycles. The zero-order valence-corrected chi connectivity index (χ0v) is 12.2. The van der Waals surface area contributed by atoms with Crippen molar-refractivity contribution in [3.8, 4) is 0 Å². The minimum Gasteiger partial charge on any atom is -0.202 e. The fourth-order valence-corrected chi connectivity index (χ4v) is 3.22. The Morgan fingerprint density at radius 2 is 2.00 bits per heavy atom. The van der Waals surface area contributed by atoms with Crippen LogP contribution >= 0.6 is 11.6 Å². The lowest BCUT2D eigenvalue weighted by Crippen LogP contribution is -2.45. The van der Waals surface area contributed by atoms with Crippen LogP contribution in [0.1, 0.15) is 39.5 Å². The van der Waals surface area contributed by atoms with Gasteiger partial charge in [-0.3, -0.25) is 0 Å². The van der Waals surface area contributed by atoms with Gasteiger partial charge < -0.3 is 0 Å². The average molecular weight is 283 g/mol. The average Bonchev–Trinajstić information content (AvgIpc) is 2.29. The van der Waals surface area contributed by atoms with Crippen LogP contribution in [0.15, 0.2) is 0 Å². The van der Waals surface area contributed by atoms with E-state index >= 15 is 0 Å². The van der Waals surface area contributed by atoms with Crippen LogP contribution in [-0.2, 0) is 10.2 Å². The molecule has 1 atom stereocenters. The summed E-state index contributed by atoms with van der Waals surface area (Å²) >= 11 is 5.95. The van der Waals surface area contributed by atoms with E-state index in [0.717, 1.165) is 19.3 Å². The highest BCUT2D eigenvalue weighted by molar-refractivity contribution is 7.87. The lowest BCUT2D eigenvalue weighted by Gasteiger charge is -2.29. The van der Waals surface area contributed by atoms with Crippen molar-refractivity contribution in [3.63, 3.8) is 0 Å². The molecule has 1 saturated heterocycles. The topological polar surface area (TPSA) is 49.4 Å². The Bertz CT molecular complexity index is 313. The minimum absolute atomic E-state index is 0.0547. The van der Waals surface area contributed by atoms with Crippen LogP contribution < -0.4 is 4.72 Å². The van der Waals surface area contributed by atoms with Gasteiger partial charge in [0.05, 0.1) is 0 Å². The first kappa shape index (κ1) is 15.2. The van der Waals surface area contributed by atoms with Gasteiger partial charge in [0.2, 0.25) is 0 Å². The van der Waals surface area contributed by atoms with Gasteiger partial charge in [-0.25, -0.2) is 4.72 Å². The van der Waals surface area contributed by atoms with Crippen LogP contribution in [-0.4, -0.2) is 37.7 Å². The van der Waals surface area contributed by atoms with E-state index in [1.807, 2.05) is 6.92 Å². The number of nitrogens with zero attached hydrogens (tertiary/aromatic N) is 1. The maximum atomic E-state index is 11.9. The van der Waals surface area contributed by atoms with E-state index in [2.05, 4.69) is 11.6 Å². The molecule has 4 nitrogen and oxygen atoms in total. The second-order valence-corrected chi connectivity index (χ2v) is 7.15. The molecule has 0 saturated carbocycles. The van der Waals surface area contributed by atoms with Crippen LogP contribution in [0.4, 0.5) is 0 Å². The molecule has 0 aromatic rings. The summed E-state index contributed by atoms with van der Waals surface area (Å²) in [6, 6.07) is 0. The molecule has 0 aromatic carbocycles. The van der Waals surface area contributed by atoms with Gasteiger partial charge in [-0.15, -0.1) is 11.6 Å². The summed E-state index contributed by atoms with van der Waals surface area (Å²) in [5, 5.41) is 0.0547. The van der Waals surface area contributed by atoms with E-state index in [0.29, 0.717) is 32.0 Å². The van der Waals surface area contributed by atoms with Crippen molar-refractivity contribution in [3.05, 3.63) is 0 Å². The zero-order valence-electron chi connectivity index (χ0n) is 10.7. The summed E-state index contributed by atoms with van der Waals surface area (Å²) in [7, 11) is -3.29. The number of halogens is 1. The number of alkyl halides is 1. The third-order valence-corrected chi connectivity index (χ3v) is 5.41. The van der Waals surface area contributed by atoms with Gasteiger partial charge in [-0.1, -0.05) is 13.8 Å². The van der Waals surface area contributed by atoms with Crippen LogP contribution in [0.3, 0.4) is 0 Å². The predicted molar refractivity (Wildman–Crippen MR) is 71.4 cm³/mol. The fraction of sp³-hybridized carbons (Fsp3) is 1.00. The smallest absolute Gasteiger partial charge is 0.202 e. The fourth-order valence-electron chi connectivity index (χ4n) is 1.87. The number of hydrogen-bond acceptors (Lipinski definition) is 2. The lowest BCUT2D eigenvalue weighted by molar-refractivity contribution is 0.285. The molecular formula is C11H23ClN2O2S. The predicted octanol–water partition coefficient (Wildman–Crippen LogP) is 1.96. The molecule has 0 aromatic heterocycles. The Kier molecular flexibility index (Phi) is 6.20. The van der Waals surface area contributed by atoms with E-state index in [1.165, 1.54) is 0 Å². The summed E-state index contributed by atoms with van der Waals surface area (Å²) in [5.41, 5.74) is 0. The van der Waals surface area contributed by atoms with Gasteiger partial charge in [-0.05, 0) is 31.6 Å². The highest BCUT2D eigenvalue weighted by Gasteiger charge is 2.25. The van der Waals surface area contributed by atoms with Crippen molar-refractivity contribution < 1.29 is 8.42 Å². The first-order chi connectivity index (χ1) is 7.95. The molecule has 17 heavy (non-hydrogen) atoms. The summed E-state index contributed by atoms with van der Waals surface area (Å²) in [6.45, 7) is 5.86. The molecule has 0 amide bonds. The highest BCUT2D eigenvalue weighted by atomic mass is 35.5. The third-order valence-electron chi connectivity index (χ3n) is 3.27. The first-order valence-corrected chi connectivity index (χ1v) is 8.22. The van der Waals surface area contributed by atoms with E-state index in [9.17, 15) is 8.42 Å². The van der Waals surface area contributed by atoms with E-state index in [1.54, 1.807) is 4.31 Å². The maximum absolute atomic E-state index is 11.9. The molecule has 1 heterocycles. The normalized spacial score (nSPS) is 21.6. The standard InChI is InChI=1S/C11H23ClN2O2S/c1-3-11(12)4-7-13-17(15,16)14-8-5-10(2)6-9-14/h10-11,13H,3-9H2,1-2H3. The first-order valence-electron chi connectivity index (χ1n) is 6.34. The molecule has 0 radical (unpaired) electrons. The van der Waals surface area contributed by atoms with Gasteiger partial charge in [0.1, 0.15) is 0 Å². The number of hydrogen-bond donors (Lipinski definition) is 1. The SMILES string of the molecule is CCC(Cl)CCNS(=O)(=O)N1CCC(C)CC1. The molecule has 1 N–H and O–H groups in total. The molecule has 1 aliphatic rings. The van der Waals surface area contributed by atoms with Crippen molar-refractivity contribution in [2.75, 3.05) is 19.6 Å². The van der Waals surface area contributed by atoms with Crippen molar-refractivity contribution in [2.45, 2.75) is 44.9 Å². The highest BCUT2D eigenvalue weighted by Crippen LogP contribution is 2.18. The van der Waals surface area contributed by atoms with Crippen molar-refractivity contribution in [2.24, 2.45) is 5.92 Å². The lowest BCUT2D eigenvalue weighted by atomic mass is 10.0. The zero-order chi connectivity index (χ0) is 12.9. The van der Waals surface area contributed by atoms with Crippen LogP contribution in [0, 0.1) is 5.92 Å². The molecular weight excluding hydrogens is 260 g/mol. The second kappa shape index (κ2) is 6.92. The quantitative estimate of drug-likeness (QED) is 0.757. The Morgan fingerprint density at radius 3 is 2.53 bits per heavy atom. The Balaban J connectivity index is 2.35. The monoisotopic (exact) mass is 282 g/mol. The Hall–Kier alpha value is 0.160. The van der Waals surface area contributed by atoms with Gasteiger partial charge in [0.15, 0.2) is 0 Å². The van der Waals surface area contributed by atoms with Crippen LogP contribution in [0.5, 0.6) is 0 Å². The molecule has 1 rings (SSSR count). The van der Waals surface area contributed by atoms with Gasteiger partial charge in [0.25, 0.3) is 10.2 Å². The third kappa shape index (κ3) is 5.12. The number of rotatable bonds is 6. The van der Waals surface area contributed by atoms with E-state index < -0.39 is 10.2 Å². The molecule has 102 valence electrons. The molecule has 6 heteroatoms. The minimum atomic E-state index is -3.29. The molecule has 0 spiro atoms. The van der Waals surface area contributed by atoms with E-state index in [-0.39, 0.29) is 5.38 Å². The Labute approximate surface area is 110 Å². The largest absolute Gasteiger partial charge is 0.279 e. The number of piperidine rings is 1. The molecule has 0 bridgehead atoms. The molecule has 1 aliphatic heterocycles.